The van der Waals surface area contributed by atoms with Crippen LogP contribution in [0, 0.1) is 0 Å². The molecule has 0 fully saturated rings. The lowest BCUT2D eigenvalue weighted by molar-refractivity contribution is 0.415. The van der Waals surface area contributed by atoms with Gasteiger partial charge in [0.1, 0.15) is 5.75 Å². The van der Waals surface area contributed by atoms with Gasteiger partial charge in [-0.05, 0) is 48.7 Å². The first-order valence-corrected chi connectivity index (χ1v) is 7.81. The van der Waals surface area contributed by atoms with Crippen molar-refractivity contribution < 1.29 is 4.74 Å². The Morgan fingerprint density at radius 1 is 1.14 bits per heavy atom. The molecule has 3 heteroatoms. The summed E-state index contributed by atoms with van der Waals surface area (Å²) >= 11 is 0. The van der Waals surface area contributed by atoms with Gasteiger partial charge in [0.15, 0.2) is 0 Å². The Hall–Kier alpha value is -2.26. The molecule has 0 saturated carbocycles. The summed E-state index contributed by atoms with van der Waals surface area (Å²) in [5.74, 6) is 0.924. The van der Waals surface area contributed by atoms with E-state index in [4.69, 9.17) is 4.74 Å². The highest BCUT2D eigenvalue weighted by Gasteiger charge is 2.24. The van der Waals surface area contributed by atoms with E-state index >= 15 is 0 Å². The van der Waals surface area contributed by atoms with E-state index in [9.17, 15) is 0 Å². The summed E-state index contributed by atoms with van der Waals surface area (Å²) in [6, 6.07) is 17.3. The van der Waals surface area contributed by atoms with Crippen LogP contribution in [0.25, 0.3) is 10.9 Å². The van der Waals surface area contributed by atoms with E-state index < -0.39 is 0 Å². The average molecular weight is 292 g/mol. The van der Waals surface area contributed by atoms with Crippen LogP contribution in [0.4, 0.5) is 0 Å². The Balaban J connectivity index is 1.74. The Bertz CT molecular complexity index is 792. The number of aromatic amines is 1. The molecule has 0 amide bonds. The first-order chi connectivity index (χ1) is 10.8. The second-order valence-electron chi connectivity index (χ2n) is 5.88. The van der Waals surface area contributed by atoms with Gasteiger partial charge in [-0.2, -0.15) is 0 Å². The fourth-order valence-electron chi connectivity index (χ4n) is 3.44. The Morgan fingerprint density at radius 3 is 2.82 bits per heavy atom. The molecule has 4 rings (SSSR count). The molecule has 0 spiro atoms. The van der Waals surface area contributed by atoms with Crippen LogP contribution in [0.15, 0.2) is 48.5 Å². The fourth-order valence-corrected chi connectivity index (χ4v) is 3.44. The number of methoxy groups -OCH3 is 1. The summed E-state index contributed by atoms with van der Waals surface area (Å²) in [7, 11) is 1.72. The van der Waals surface area contributed by atoms with Crippen LogP contribution in [-0.4, -0.2) is 18.6 Å². The standard InChI is InChI=1S/C19H20N2O/c1-22-14-7-8-17-16(12-14)15-9-10-20-18(19(15)21-17)11-13-5-3-2-4-6-13/h2-8,12,18,20-21H,9-11H2,1H3. The quantitative estimate of drug-likeness (QED) is 0.774. The molecule has 22 heavy (non-hydrogen) atoms. The monoisotopic (exact) mass is 292 g/mol. The number of aromatic nitrogens is 1. The van der Waals surface area contributed by atoms with Crippen molar-refractivity contribution in [1.82, 2.24) is 10.3 Å². The largest absolute Gasteiger partial charge is 0.497 e. The molecule has 2 aromatic carbocycles. The first-order valence-electron chi connectivity index (χ1n) is 7.81. The van der Waals surface area contributed by atoms with Crippen LogP contribution < -0.4 is 10.1 Å². The maximum atomic E-state index is 5.38. The normalized spacial score (nSPS) is 17.4. The smallest absolute Gasteiger partial charge is 0.119 e. The molecule has 1 atom stereocenters. The summed E-state index contributed by atoms with van der Waals surface area (Å²) < 4.78 is 5.38. The zero-order valence-corrected chi connectivity index (χ0v) is 12.7. The summed E-state index contributed by atoms with van der Waals surface area (Å²) in [6.45, 7) is 1.02. The van der Waals surface area contributed by atoms with E-state index in [1.54, 1.807) is 7.11 Å². The van der Waals surface area contributed by atoms with E-state index in [2.05, 4.69) is 52.8 Å². The maximum Gasteiger partial charge on any atom is 0.119 e. The molecule has 1 aromatic heterocycles. The second-order valence-corrected chi connectivity index (χ2v) is 5.88. The van der Waals surface area contributed by atoms with Gasteiger partial charge in [-0.25, -0.2) is 0 Å². The van der Waals surface area contributed by atoms with Crippen molar-refractivity contribution in [3.05, 3.63) is 65.4 Å². The van der Waals surface area contributed by atoms with Crippen LogP contribution >= 0.6 is 0 Å². The summed E-state index contributed by atoms with van der Waals surface area (Å²) in [4.78, 5) is 3.62. The van der Waals surface area contributed by atoms with Gasteiger partial charge in [0.25, 0.3) is 0 Å². The van der Waals surface area contributed by atoms with Crippen molar-refractivity contribution in [2.75, 3.05) is 13.7 Å². The van der Waals surface area contributed by atoms with Gasteiger partial charge in [0.05, 0.1) is 13.2 Å². The van der Waals surface area contributed by atoms with E-state index in [-0.39, 0.29) is 0 Å². The highest BCUT2D eigenvalue weighted by Crippen LogP contribution is 2.33. The van der Waals surface area contributed by atoms with Crippen molar-refractivity contribution in [3.8, 4) is 5.75 Å². The van der Waals surface area contributed by atoms with Crippen molar-refractivity contribution in [2.24, 2.45) is 0 Å². The van der Waals surface area contributed by atoms with Crippen molar-refractivity contribution in [2.45, 2.75) is 18.9 Å². The van der Waals surface area contributed by atoms with Crippen LogP contribution in [0.3, 0.4) is 0 Å². The zero-order chi connectivity index (χ0) is 14.9. The number of fused-ring (bicyclic) bond motifs is 3. The lowest BCUT2D eigenvalue weighted by Gasteiger charge is -2.24. The van der Waals surface area contributed by atoms with Gasteiger partial charge in [-0.15, -0.1) is 0 Å². The molecular weight excluding hydrogens is 272 g/mol. The van der Waals surface area contributed by atoms with Gasteiger partial charge in [0, 0.05) is 16.6 Å². The van der Waals surface area contributed by atoms with Crippen molar-refractivity contribution >= 4 is 10.9 Å². The Morgan fingerprint density at radius 2 is 2.00 bits per heavy atom. The third-order valence-corrected chi connectivity index (χ3v) is 4.54. The van der Waals surface area contributed by atoms with E-state index in [1.807, 2.05) is 6.07 Å². The molecule has 1 aliphatic heterocycles. The van der Waals surface area contributed by atoms with E-state index in [0.717, 1.165) is 25.1 Å². The highest BCUT2D eigenvalue weighted by atomic mass is 16.5. The average Bonchev–Trinajstić information content (AvgIpc) is 2.95. The molecule has 0 aliphatic carbocycles. The fraction of sp³-hybridized carbons (Fsp3) is 0.263. The number of nitrogens with one attached hydrogen (secondary N) is 2. The highest BCUT2D eigenvalue weighted by molar-refractivity contribution is 5.86. The maximum absolute atomic E-state index is 5.38. The van der Waals surface area contributed by atoms with Crippen molar-refractivity contribution in [1.29, 1.82) is 0 Å². The predicted octanol–water partition coefficient (Wildman–Crippen LogP) is 3.61. The lowest BCUT2D eigenvalue weighted by Crippen LogP contribution is -2.31. The van der Waals surface area contributed by atoms with Crippen LogP contribution in [0.2, 0.25) is 0 Å². The summed E-state index contributed by atoms with van der Waals surface area (Å²) in [5, 5.41) is 4.95. The topological polar surface area (TPSA) is 37.0 Å². The molecule has 3 aromatic rings. The second kappa shape index (κ2) is 5.50. The minimum absolute atomic E-state index is 0.351. The Labute approximate surface area is 130 Å². The summed E-state index contributed by atoms with van der Waals surface area (Å²) in [6.07, 6.45) is 2.07. The van der Waals surface area contributed by atoms with Crippen LogP contribution in [0.5, 0.6) is 5.75 Å². The number of H-pyrrole nitrogens is 1. The van der Waals surface area contributed by atoms with E-state index in [1.165, 1.54) is 27.7 Å². The molecule has 112 valence electrons. The molecule has 0 saturated heterocycles. The third-order valence-electron chi connectivity index (χ3n) is 4.54. The number of ether oxygens (including phenoxy) is 1. The molecule has 1 aliphatic rings. The van der Waals surface area contributed by atoms with Gasteiger partial charge >= 0.3 is 0 Å². The molecule has 0 bridgehead atoms. The minimum Gasteiger partial charge on any atom is -0.497 e. The van der Waals surface area contributed by atoms with Crippen LogP contribution in [-0.2, 0) is 12.8 Å². The number of hydrogen-bond donors (Lipinski definition) is 2. The number of benzene rings is 2. The predicted molar refractivity (Wildman–Crippen MR) is 89.4 cm³/mol. The molecule has 0 radical (unpaired) electrons. The SMILES string of the molecule is COc1ccc2[nH]c3c(c2c1)CCNC3Cc1ccccc1. The van der Waals surface area contributed by atoms with Gasteiger partial charge in [0.2, 0.25) is 0 Å². The first kappa shape index (κ1) is 13.4. The van der Waals surface area contributed by atoms with E-state index in [0.29, 0.717) is 6.04 Å². The number of hydrogen-bond acceptors (Lipinski definition) is 2. The molecule has 1 unspecified atom stereocenters. The minimum atomic E-state index is 0.351. The van der Waals surface area contributed by atoms with Gasteiger partial charge in [-0.3, -0.25) is 0 Å². The summed E-state index contributed by atoms with van der Waals surface area (Å²) in [5.41, 5.74) is 5.34. The Kier molecular flexibility index (Phi) is 3.35. The molecule has 2 heterocycles. The molecule has 3 nitrogen and oxygen atoms in total. The van der Waals surface area contributed by atoms with Gasteiger partial charge in [-0.1, -0.05) is 30.3 Å². The third kappa shape index (κ3) is 2.28. The molecule has 2 N–H and O–H groups in total. The van der Waals surface area contributed by atoms with Crippen LogP contribution in [0.1, 0.15) is 22.9 Å². The zero-order valence-electron chi connectivity index (χ0n) is 12.7. The molecular formula is C19H20N2O. The lowest BCUT2D eigenvalue weighted by atomic mass is 9.95. The number of rotatable bonds is 3. The van der Waals surface area contributed by atoms with Gasteiger partial charge < -0.3 is 15.0 Å². The van der Waals surface area contributed by atoms with Crippen molar-refractivity contribution in [3.63, 3.8) is 0 Å².